The molecule has 0 aliphatic heterocycles. The number of hydrogen-bond donors (Lipinski definition) is 3. The Balaban J connectivity index is 2.80. The molecule has 0 radical (unpaired) electrons. The lowest BCUT2D eigenvalue weighted by Crippen LogP contribution is -2.23. The molecule has 1 aromatic carbocycles. The van der Waals surface area contributed by atoms with Gasteiger partial charge in [0, 0.05) is 17.3 Å². The topological polar surface area (TPSA) is 52.5 Å². The molecule has 0 spiro atoms. The van der Waals surface area contributed by atoms with Gasteiger partial charge in [-0.25, -0.2) is 0 Å². The SMILES string of the molecule is Cc1ccc(Cl)c(C)c1NCC(O)CO. The van der Waals surface area contributed by atoms with Crippen LogP contribution in [0.4, 0.5) is 5.69 Å². The number of hydrogen-bond acceptors (Lipinski definition) is 3. The Morgan fingerprint density at radius 2 is 2.07 bits per heavy atom. The van der Waals surface area contributed by atoms with Gasteiger partial charge in [0.1, 0.15) is 0 Å². The first kappa shape index (κ1) is 12.3. The lowest BCUT2D eigenvalue weighted by molar-refractivity contribution is 0.105. The monoisotopic (exact) mass is 229 g/mol. The first-order chi connectivity index (χ1) is 7.06. The Kier molecular flexibility index (Phi) is 4.39. The van der Waals surface area contributed by atoms with Gasteiger partial charge < -0.3 is 15.5 Å². The Hall–Kier alpha value is -0.770. The maximum atomic E-state index is 9.22. The zero-order valence-electron chi connectivity index (χ0n) is 8.92. The number of halogens is 1. The van der Waals surface area contributed by atoms with E-state index in [1.54, 1.807) is 0 Å². The van der Waals surface area contributed by atoms with E-state index in [2.05, 4.69) is 5.32 Å². The Bertz CT molecular complexity index is 342. The number of rotatable bonds is 4. The molecule has 4 heteroatoms. The number of aliphatic hydroxyl groups is 2. The molecule has 84 valence electrons. The maximum absolute atomic E-state index is 9.22. The number of nitrogens with one attached hydrogen (secondary N) is 1. The molecule has 1 rings (SSSR count). The predicted molar refractivity (Wildman–Crippen MR) is 62.5 cm³/mol. The van der Waals surface area contributed by atoms with Crippen LogP contribution in [0.5, 0.6) is 0 Å². The summed E-state index contributed by atoms with van der Waals surface area (Å²) in [5, 5.41) is 21.7. The quantitative estimate of drug-likeness (QED) is 0.737. The van der Waals surface area contributed by atoms with Gasteiger partial charge in [0.2, 0.25) is 0 Å². The number of benzene rings is 1. The fourth-order valence-corrected chi connectivity index (χ4v) is 1.54. The second-order valence-corrected chi connectivity index (χ2v) is 3.99. The molecule has 1 atom stereocenters. The summed E-state index contributed by atoms with van der Waals surface area (Å²) in [6, 6.07) is 3.77. The molecule has 0 aliphatic carbocycles. The molecule has 0 saturated carbocycles. The average Bonchev–Trinajstić information content (AvgIpc) is 2.23. The van der Waals surface area contributed by atoms with E-state index in [0.29, 0.717) is 11.6 Å². The smallest absolute Gasteiger partial charge is 0.0942 e. The summed E-state index contributed by atoms with van der Waals surface area (Å²) in [5.74, 6) is 0. The van der Waals surface area contributed by atoms with Crippen molar-refractivity contribution in [2.45, 2.75) is 20.0 Å². The molecule has 0 aromatic heterocycles. The first-order valence-electron chi connectivity index (χ1n) is 4.84. The van der Waals surface area contributed by atoms with Crippen molar-refractivity contribution in [2.75, 3.05) is 18.5 Å². The first-order valence-corrected chi connectivity index (χ1v) is 5.22. The zero-order valence-corrected chi connectivity index (χ0v) is 9.67. The fraction of sp³-hybridized carbons (Fsp3) is 0.455. The summed E-state index contributed by atoms with van der Waals surface area (Å²) in [6.07, 6.45) is -0.747. The van der Waals surface area contributed by atoms with Gasteiger partial charge in [-0.2, -0.15) is 0 Å². The van der Waals surface area contributed by atoms with Crippen LogP contribution in [0.15, 0.2) is 12.1 Å². The van der Waals surface area contributed by atoms with Crippen LogP contribution in [0.25, 0.3) is 0 Å². The maximum Gasteiger partial charge on any atom is 0.0942 e. The van der Waals surface area contributed by atoms with Gasteiger partial charge in [0.25, 0.3) is 0 Å². The fourth-order valence-electron chi connectivity index (χ4n) is 1.38. The van der Waals surface area contributed by atoms with Crippen LogP contribution in [0.2, 0.25) is 5.02 Å². The number of anilines is 1. The Morgan fingerprint density at radius 1 is 1.40 bits per heavy atom. The van der Waals surface area contributed by atoms with E-state index < -0.39 is 6.10 Å². The molecule has 0 heterocycles. The Labute approximate surface area is 94.7 Å². The van der Waals surface area contributed by atoms with Gasteiger partial charge in [0.15, 0.2) is 0 Å². The van der Waals surface area contributed by atoms with E-state index in [9.17, 15) is 5.11 Å². The highest BCUT2D eigenvalue weighted by atomic mass is 35.5. The zero-order chi connectivity index (χ0) is 11.4. The third-order valence-corrected chi connectivity index (χ3v) is 2.74. The lowest BCUT2D eigenvalue weighted by atomic mass is 10.1. The van der Waals surface area contributed by atoms with E-state index in [1.165, 1.54) is 0 Å². The van der Waals surface area contributed by atoms with Crippen LogP contribution < -0.4 is 5.32 Å². The third kappa shape index (κ3) is 3.09. The third-order valence-electron chi connectivity index (χ3n) is 2.33. The molecule has 0 aliphatic rings. The minimum absolute atomic E-state index is 0.244. The summed E-state index contributed by atoms with van der Waals surface area (Å²) in [6.45, 7) is 3.96. The largest absolute Gasteiger partial charge is 0.394 e. The van der Waals surface area contributed by atoms with Crippen molar-refractivity contribution >= 4 is 17.3 Å². The minimum atomic E-state index is -0.747. The molecule has 0 fully saturated rings. The van der Waals surface area contributed by atoms with Crippen LogP contribution in [-0.4, -0.2) is 29.5 Å². The average molecular weight is 230 g/mol. The second-order valence-electron chi connectivity index (χ2n) is 3.58. The Morgan fingerprint density at radius 3 is 2.67 bits per heavy atom. The van der Waals surface area contributed by atoms with Gasteiger partial charge >= 0.3 is 0 Å². The summed E-state index contributed by atoms with van der Waals surface area (Å²) < 4.78 is 0. The van der Waals surface area contributed by atoms with Crippen LogP contribution >= 0.6 is 11.6 Å². The molecule has 0 bridgehead atoms. The predicted octanol–water partition coefficient (Wildman–Crippen LogP) is 1.72. The molecule has 1 unspecified atom stereocenters. The van der Waals surface area contributed by atoms with Gasteiger partial charge in [-0.05, 0) is 31.0 Å². The summed E-state index contributed by atoms with van der Waals surface area (Å²) in [5.41, 5.74) is 2.96. The molecule has 15 heavy (non-hydrogen) atoms. The van der Waals surface area contributed by atoms with Crippen molar-refractivity contribution in [1.29, 1.82) is 0 Å². The van der Waals surface area contributed by atoms with Crippen molar-refractivity contribution in [3.05, 3.63) is 28.3 Å². The lowest BCUT2D eigenvalue weighted by Gasteiger charge is -2.15. The molecule has 1 aromatic rings. The highest BCUT2D eigenvalue weighted by Crippen LogP contribution is 2.26. The molecule has 0 amide bonds. The van der Waals surface area contributed by atoms with Crippen molar-refractivity contribution in [2.24, 2.45) is 0 Å². The van der Waals surface area contributed by atoms with Gasteiger partial charge in [0.05, 0.1) is 12.7 Å². The summed E-state index contributed by atoms with van der Waals surface area (Å²) in [4.78, 5) is 0. The number of aliphatic hydroxyl groups excluding tert-OH is 2. The van der Waals surface area contributed by atoms with E-state index in [1.807, 2.05) is 26.0 Å². The van der Waals surface area contributed by atoms with Crippen molar-refractivity contribution in [3.8, 4) is 0 Å². The van der Waals surface area contributed by atoms with E-state index in [0.717, 1.165) is 16.8 Å². The second kappa shape index (κ2) is 5.35. The van der Waals surface area contributed by atoms with Crippen molar-refractivity contribution in [3.63, 3.8) is 0 Å². The van der Waals surface area contributed by atoms with Crippen molar-refractivity contribution < 1.29 is 10.2 Å². The molecule has 3 nitrogen and oxygen atoms in total. The normalized spacial score (nSPS) is 12.6. The standard InChI is InChI=1S/C11H16ClNO2/c1-7-3-4-10(12)8(2)11(7)13-5-9(15)6-14/h3-4,9,13-15H,5-6H2,1-2H3. The van der Waals surface area contributed by atoms with Gasteiger partial charge in [-0.1, -0.05) is 17.7 Å². The van der Waals surface area contributed by atoms with Crippen molar-refractivity contribution in [1.82, 2.24) is 0 Å². The van der Waals surface area contributed by atoms with Crippen LogP contribution in [-0.2, 0) is 0 Å². The molecular weight excluding hydrogens is 214 g/mol. The summed E-state index contributed by atoms with van der Waals surface area (Å²) in [7, 11) is 0. The van der Waals surface area contributed by atoms with E-state index in [-0.39, 0.29) is 6.61 Å². The van der Waals surface area contributed by atoms with E-state index >= 15 is 0 Å². The van der Waals surface area contributed by atoms with Crippen LogP contribution in [0.3, 0.4) is 0 Å². The molecular formula is C11H16ClNO2. The highest BCUT2D eigenvalue weighted by molar-refractivity contribution is 6.31. The van der Waals surface area contributed by atoms with Gasteiger partial charge in [-0.3, -0.25) is 0 Å². The van der Waals surface area contributed by atoms with Crippen LogP contribution in [0, 0.1) is 13.8 Å². The highest BCUT2D eigenvalue weighted by Gasteiger charge is 2.07. The summed E-state index contributed by atoms with van der Waals surface area (Å²) >= 11 is 5.98. The number of aryl methyl sites for hydroxylation is 1. The molecule has 3 N–H and O–H groups in total. The van der Waals surface area contributed by atoms with E-state index in [4.69, 9.17) is 16.7 Å². The minimum Gasteiger partial charge on any atom is -0.394 e. The van der Waals surface area contributed by atoms with Gasteiger partial charge in [-0.15, -0.1) is 0 Å². The molecule has 0 saturated heterocycles. The van der Waals surface area contributed by atoms with Crippen LogP contribution in [0.1, 0.15) is 11.1 Å².